The standard InChI is InChI=1S/C16H9Cl3FN3S/c17-10-3-1-9(2-4-10)7-21-23-16-22-15(8-24-16)11-5-14(20)13(19)6-12(11)18/h1-8H,(H,22,23)/b21-7+. The van der Waals surface area contributed by atoms with Crippen molar-refractivity contribution in [2.24, 2.45) is 5.10 Å². The van der Waals surface area contributed by atoms with Crippen molar-refractivity contribution < 1.29 is 4.39 Å². The van der Waals surface area contributed by atoms with Crippen LogP contribution in [-0.2, 0) is 0 Å². The number of anilines is 1. The number of nitrogens with zero attached hydrogens (tertiary/aromatic N) is 2. The number of hydrogen-bond acceptors (Lipinski definition) is 4. The monoisotopic (exact) mass is 399 g/mol. The number of benzene rings is 2. The maximum absolute atomic E-state index is 13.6. The third-order valence-corrected chi connectivity index (χ3v) is 4.64. The van der Waals surface area contributed by atoms with E-state index in [4.69, 9.17) is 34.8 Å². The lowest BCUT2D eigenvalue weighted by Crippen LogP contribution is -1.90. The van der Waals surface area contributed by atoms with Gasteiger partial charge in [-0.2, -0.15) is 5.10 Å². The minimum atomic E-state index is -0.542. The largest absolute Gasteiger partial charge is 0.253 e. The van der Waals surface area contributed by atoms with E-state index in [2.05, 4.69) is 15.5 Å². The molecule has 24 heavy (non-hydrogen) atoms. The van der Waals surface area contributed by atoms with Crippen molar-refractivity contribution >= 4 is 57.5 Å². The van der Waals surface area contributed by atoms with Crippen LogP contribution in [0.25, 0.3) is 11.3 Å². The van der Waals surface area contributed by atoms with Gasteiger partial charge in [-0.15, -0.1) is 11.3 Å². The molecule has 3 nitrogen and oxygen atoms in total. The molecule has 0 atom stereocenters. The minimum Gasteiger partial charge on any atom is -0.253 e. The molecule has 0 saturated heterocycles. The van der Waals surface area contributed by atoms with E-state index in [-0.39, 0.29) is 5.02 Å². The van der Waals surface area contributed by atoms with Gasteiger partial charge in [-0.1, -0.05) is 46.9 Å². The van der Waals surface area contributed by atoms with Gasteiger partial charge in [0.25, 0.3) is 0 Å². The Balaban J connectivity index is 1.74. The topological polar surface area (TPSA) is 37.3 Å². The summed E-state index contributed by atoms with van der Waals surface area (Å²) in [5.74, 6) is -0.542. The van der Waals surface area contributed by atoms with Crippen LogP contribution in [0.3, 0.4) is 0 Å². The zero-order valence-electron chi connectivity index (χ0n) is 11.9. The molecule has 0 aliphatic carbocycles. The maximum Gasteiger partial charge on any atom is 0.203 e. The molecule has 0 aliphatic heterocycles. The second-order valence-corrected chi connectivity index (χ2v) is 6.81. The fourth-order valence-corrected chi connectivity index (χ4v) is 3.14. The Morgan fingerprint density at radius 1 is 1.08 bits per heavy atom. The van der Waals surface area contributed by atoms with Crippen molar-refractivity contribution in [2.45, 2.75) is 0 Å². The lowest BCUT2D eigenvalue weighted by atomic mass is 10.2. The molecule has 0 fully saturated rings. The molecule has 1 aromatic heterocycles. The van der Waals surface area contributed by atoms with Crippen molar-refractivity contribution in [1.82, 2.24) is 4.98 Å². The molecule has 1 N–H and O–H groups in total. The second-order valence-electron chi connectivity index (χ2n) is 4.71. The number of halogens is 4. The van der Waals surface area contributed by atoms with Crippen LogP contribution in [-0.4, -0.2) is 11.2 Å². The Hall–Kier alpha value is -1.66. The van der Waals surface area contributed by atoms with Gasteiger partial charge in [0, 0.05) is 16.0 Å². The number of nitrogens with one attached hydrogen (secondary N) is 1. The Kier molecular flexibility index (Phi) is 5.36. The minimum absolute atomic E-state index is 0.0232. The number of hydrogen-bond donors (Lipinski definition) is 1. The predicted molar refractivity (Wildman–Crippen MR) is 100 cm³/mol. The van der Waals surface area contributed by atoms with E-state index in [1.54, 1.807) is 23.7 Å². The summed E-state index contributed by atoms with van der Waals surface area (Å²) >= 11 is 18.9. The summed E-state index contributed by atoms with van der Waals surface area (Å²) in [4.78, 5) is 4.34. The summed E-state index contributed by atoms with van der Waals surface area (Å²) in [7, 11) is 0. The first-order valence-corrected chi connectivity index (χ1v) is 8.69. The van der Waals surface area contributed by atoms with E-state index in [1.807, 2.05) is 12.1 Å². The van der Waals surface area contributed by atoms with Gasteiger partial charge < -0.3 is 0 Å². The Bertz CT molecular complexity index is 894. The van der Waals surface area contributed by atoms with Gasteiger partial charge in [-0.25, -0.2) is 9.37 Å². The molecule has 0 radical (unpaired) electrons. The highest BCUT2D eigenvalue weighted by atomic mass is 35.5. The zero-order valence-corrected chi connectivity index (χ0v) is 15.0. The van der Waals surface area contributed by atoms with Crippen molar-refractivity contribution in [3.63, 3.8) is 0 Å². The van der Waals surface area contributed by atoms with Gasteiger partial charge >= 0.3 is 0 Å². The SMILES string of the molecule is Fc1cc(-c2csc(N/N=C/c3ccc(Cl)cc3)n2)c(Cl)cc1Cl. The van der Waals surface area contributed by atoms with Crippen molar-refractivity contribution in [2.75, 3.05) is 5.43 Å². The molecule has 3 aromatic rings. The summed E-state index contributed by atoms with van der Waals surface area (Å²) in [5, 5.41) is 7.40. The van der Waals surface area contributed by atoms with E-state index < -0.39 is 5.82 Å². The van der Waals surface area contributed by atoms with E-state index in [0.717, 1.165) is 5.56 Å². The number of aromatic nitrogens is 1. The molecular formula is C16H9Cl3FN3S. The molecule has 1 heterocycles. The first-order chi connectivity index (χ1) is 11.5. The average molecular weight is 401 g/mol. The van der Waals surface area contributed by atoms with Gasteiger partial charge in [-0.3, -0.25) is 5.43 Å². The summed E-state index contributed by atoms with van der Waals surface area (Å²) in [5.41, 5.74) is 4.74. The van der Waals surface area contributed by atoms with Crippen LogP contribution in [0.2, 0.25) is 15.1 Å². The zero-order chi connectivity index (χ0) is 17.1. The molecule has 2 aromatic carbocycles. The van der Waals surface area contributed by atoms with E-state index in [0.29, 0.717) is 26.4 Å². The van der Waals surface area contributed by atoms with Gasteiger partial charge in [0.15, 0.2) is 0 Å². The molecule has 0 unspecified atom stereocenters. The molecule has 3 rings (SSSR count). The van der Waals surface area contributed by atoms with E-state index in [1.165, 1.54) is 23.5 Å². The van der Waals surface area contributed by atoms with Crippen molar-refractivity contribution in [1.29, 1.82) is 0 Å². The van der Waals surface area contributed by atoms with Gasteiger partial charge in [0.05, 0.1) is 22.0 Å². The van der Waals surface area contributed by atoms with Gasteiger partial charge in [0.1, 0.15) is 5.82 Å². The van der Waals surface area contributed by atoms with Crippen LogP contribution < -0.4 is 5.43 Å². The summed E-state index contributed by atoms with van der Waals surface area (Å²) in [6.45, 7) is 0. The first kappa shape index (κ1) is 17.2. The fraction of sp³-hybridized carbons (Fsp3) is 0. The highest BCUT2D eigenvalue weighted by Crippen LogP contribution is 2.33. The third kappa shape index (κ3) is 4.05. The van der Waals surface area contributed by atoms with E-state index in [9.17, 15) is 4.39 Å². The average Bonchev–Trinajstić information content (AvgIpc) is 3.01. The normalized spacial score (nSPS) is 11.2. The van der Waals surface area contributed by atoms with Crippen LogP contribution >= 0.6 is 46.1 Å². The van der Waals surface area contributed by atoms with Crippen LogP contribution in [0.1, 0.15) is 5.56 Å². The molecule has 0 amide bonds. The van der Waals surface area contributed by atoms with E-state index >= 15 is 0 Å². The molecule has 8 heteroatoms. The Labute approximate surface area is 156 Å². The van der Waals surface area contributed by atoms with Gasteiger partial charge in [0.2, 0.25) is 5.13 Å². The van der Waals surface area contributed by atoms with Crippen molar-refractivity contribution in [3.05, 3.63) is 68.2 Å². The fourth-order valence-electron chi connectivity index (χ4n) is 1.88. The summed E-state index contributed by atoms with van der Waals surface area (Å²) in [6, 6.07) is 9.87. The number of rotatable bonds is 4. The Morgan fingerprint density at radius 2 is 1.83 bits per heavy atom. The highest BCUT2D eigenvalue weighted by Gasteiger charge is 2.12. The Morgan fingerprint density at radius 3 is 2.58 bits per heavy atom. The van der Waals surface area contributed by atoms with Crippen LogP contribution in [0.15, 0.2) is 46.9 Å². The highest BCUT2D eigenvalue weighted by molar-refractivity contribution is 7.14. The summed E-state index contributed by atoms with van der Waals surface area (Å²) < 4.78 is 13.6. The smallest absolute Gasteiger partial charge is 0.203 e. The predicted octanol–water partition coefficient (Wildman–Crippen LogP) is 6.36. The summed E-state index contributed by atoms with van der Waals surface area (Å²) in [6.07, 6.45) is 1.65. The van der Waals surface area contributed by atoms with Gasteiger partial charge in [-0.05, 0) is 29.8 Å². The molecule has 0 bridgehead atoms. The number of hydrazone groups is 1. The first-order valence-electron chi connectivity index (χ1n) is 6.68. The lowest BCUT2D eigenvalue weighted by Gasteiger charge is -2.02. The van der Waals surface area contributed by atoms with Crippen molar-refractivity contribution in [3.8, 4) is 11.3 Å². The molecule has 0 saturated carbocycles. The number of thiazole rings is 1. The second kappa shape index (κ2) is 7.49. The molecular weight excluding hydrogens is 392 g/mol. The third-order valence-electron chi connectivity index (χ3n) is 3.03. The van der Waals surface area contributed by atoms with Crippen LogP contribution in [0.5, 0.6) is 0 Å². The maximum atomic E-state index is 13.6. The van der Waals surface area contributed by atoms with Crippen LogP contribution in [0, 0.1) is 5.82 Å². The molecule has 0 spiro atoms. The molecule has 0 aliphatic rings. The van der Waals surface area contributed by atoms with Crippen LogP contribution in [0.4, 0.5) is 9.52 Å². The quantitative estimate of drug-likeness (QED) is 0.314. The molecule has 122 valence electrons. The lowest BCUT2D eigenvalue weighted by molar-refractivity contribution is 0.629.